The van der Waals surface area contributed by atoms with Crippen molar-refractivity contribution in [1.82, 2.24) is 0 Å². The summed E-state index contributed by atoms with van der Waals surface area (Å²) in [5.74, 6) is 0.877. The van der Waals surface area contributed by atoms with Gasteiger partial charge in [-0.1, -0.05) is 19.1 Å². The maximum Gasteiger partial charge on any atom is 0.118 e. The second kappa shape index (κ2) is 5.84. The summed E-state index contributed by atoms with van der Waals surface area (Å²) < 4.78 is 5.04. The summed E-state index contributed by atoms with van der Waals surface area (Å²) in [4.78, 5) is 0. The van der Waals surface area contributed by atoms with E-state index in [0.717, 1.165) is 12.2 Å². The van der Waals surface area contributed by atoms with E-state index in [0.29, 0.717) is 0 Å². The number of nitrogens with two attached hydrogens (primary N) is 1. The minimum atomic E-state index is 0. The molecule has 0 unspecified atom stereocenters. The molecule has 1 aromatic carbocycles. The summed E-state index contributed by atoms with van der Waals surface area (Å²) in [6.07, 6.45) is 0.965. The fourth-order valence-electron chi connectivity index (χ4n) is 1.09. The van der Waals surface area contributed by atoms with Gasteiger partial charge >= 0.3 is 0 Å². The Bertz CT molecular complexity index is 235. The molecular weight excluding hydrogens is 186 g/mol. The van der Waals surface area contributed by atoms with Gasteiger partial charge in [-0.05, 0) is 24.1 Å². The molecule has 0 aliphatic carbocycles. The molecular formula is C10H16ClNO. The number of ether oxygens (including phenoxy) is 1. The van der Waals surface area contributed by atoms with Crippen LogP contribution in [0.5, 0.6) is 5.75 Å². The molecule has 0 aromatic heterocycles. The zero-order valence-corrected chi connectivity index (χ0v) is 8.80. The summed E-state index contributed by atoms with van der Waals surface area (Å²) in [6, 6.07) is 8.03. The number of methoxy groups -OCH3 is 1. The minimum Gasteiger partial charge on any atom is -0.497 e. The molecule has 0 aliphatic rings. The van der Waals surface area contributed by atoms with Gasteiger partial charge in [0.05, 0.1) is 7.11 Å². The molecule has 0 saturated heterocycles. The molecule has 3 heteroatoms. The van der Waals surface area contributed by atoms with E-state index in [4.69, 9.17) is 10.5 Å². The van der Waals surface area contributed by atoms with Crippen LogP contribution in [-0.2, 0) is 0 Å². The average molecular weight is 202 g/mol. The Labute approximate surface area is 85.5 Å². The molecule has 1 atom stereocenters. The maximum atomic E-state index is 5.84. The molecule has 0 fully saturated rings. The second-order valence-corrected chi connectivity index (χ2v) is 2.79. The Morgan fingerprint density at radius 2 is 1.85 bits per heavy atom. The van der Waals surface area contributed by atoms with E-state index in [9.17, 15) is 0 Å². The number of halogens is 1. The lowest BCUT2D eigenvalue weighted by Gasteiger charge is -2.09. The number of benzene rings is 1. The Kier molecular flexibility index (Phi) is 5.51. The molecule has 2 N–H and O–H groups in total. The predicted octanol–water partition coefficient (Wildman–Crippen LogP) is 2.53. The third-order valence-corrected chi connectivity index (χ3v) is 1.98. The fourth-order valence-corrected chi connectivity index (χ4v) is 1.09. The summed E-state index contributed by atoms with van der Waals surface area (Å²) in [7, 11) is 1.66. The number of rotatable bonds is 3. The molecule has 0 aliphatic heterocycles. The molecule has 1 rings (SSSR count). The first-order valence-corrected chi connectivity index (χ1v) is 4.17. The third kappa shape index (κ3) is 3.25. The van der Waals surface area contributed by atoms with Crippen LogP contribution in [0.2, 0.25) is 0 Å². The van der Waals surface area contributed by atoms with Crippen molar-refractivity contribution >= 4 is 12.4 Å². The van der Waals surface area contributed by atoms with E-state index in [-0.39, 0.29) is 18.4 Å². The zero-order chi connectivity index (χ0) is 8.97. The minimum absolute atomic E-state index is 0. The van der Waals surface area contributed by atoms with Crippen LogP contribution in [0.25, 0.3) is 0 Å². The largest absolute Gasteiger partial charge is 0.497 e. The van der Waals surface area contributed by atoms with Crippen LogP contribution in [0.1, 0.15) is 24.9 Å². The van der Waals surface area contributed by atoms with Gasteiger partial charge in [-0.2, -0.15) is 0 Å². The Morgan fingerprint density at radius 1 is 1.31 bits per heavy atom. The van der Waals surface area contributed by atoms with E-state index in [2.05, 4.69) is 6.92 Å². The molecule has 74 valence electrons. The van der Waals surface area contributed by atoms with Crippen LogP contribution in [0, 0.1) is 0 Å². The van der Waals surface area contributed by atoms with Crippen molar-refractivity contribution in [2.45, 2.75) is 19.4 Å². The highest BCUT2D eigenvalue weighted by Gasteiger charge is 2.01. The Hall–Kier alpha value is -0.730. The van der Waals surface area contributed by atoms with Gasteiger partial charge in [0.2, 0.25) is 0 Å². The van der Waals surface area contributed by atoms with Gasteiger partial charge in [0.25, 0.3) is 0 Å². The molecule has 0 bridgehead atoms. The van der Waals surface area contributed by atoms with Crippen LogP contribution >= 0.6 is 12.4 Å². The van der Waals surface area contributed by atoms with Gasteiger partial charge in [0.1, 0.15) is 5.75 Å². The summed E-state index contributed by atoms with van der Waals surface area (Å²) in [5.41, 5.74) is 7.01. The van der Waals surface area contributed by atoms with Crippen LogP contribution in [0.4, 0.5) is 0 Å². The van der Waals surface area contributed by atoms with Crippen molar-refractivity contribution in [3.05, 3.63) is 29.8 Å². The molecule has 0 heterocycles. The van der Waals surface area contributed by atoms with E-state index in [1.807, 2.05) is 24.3 Å². The van der Waals surface area contributed by atoms with Gasteiger partial charge in [0.15, 0.2) is 0 Å². The quantitative estimate of drug-likeness (QED) is 0.816. The first-order valence-electron chi connectivity index (χ1n) is 4.17. The number of hydrogen-bond donors (Lipinski definition) is 1. The molecule has 13 heavy (non-hydrogen) atoms. The molecule has 2 nitrogen and oxygen atoms in total. The topological polar surface area (TPSA) is 35.2 Å². The van der Waals surface area contributed by atoms with Gasteiger partial charge in [-0.15, -0.1) is 12.4 Å². The lowest BCUT2D eigenvalue weighted by molar-refractivity contribution is 0.414. The van der Waals surface area contributed by atoms with Crippen LogP contribution < -0.4 is 10.5 Å². The fraction of sp³-hybridized carbons (Fsp3) is 0.400. The molecule has 0 amide bonds. The normalized spacial score (nSPS) is 11.6. The monoisotopic (exact) mass is 201 g/mol. The van der Waals surface area contributed by atoms with Crippen LogP contribution in [0.15, 0.2) is 24.3 Å². The van der Waals surface area contributed by atoms with Gasteiger partial charge in [-0.3, -0.25) is 0 Å². The lowest BCUT2D eigenvalue weighted by atomic mass is 10.1. The second-order valence-electron chi connectivity index (χ2n) is 2.79. The van der Waals surface area contributed by atoms with Crippen molar-refractivity contribution in [2.75, 3.05) is 7.11 Å². The van der Waals surface area contributed by atoms with Crippen molar-refractivity contribution in [2.24, 2.45) is 5.73 Å². The van der Waals surface area contributed by atoms with E-state index in [1.165, 1.54) is 5.56 Å². The molecule has 0 spiro atoms. The van der Waals surface area contributed by atoms with Crippen molar-refractivity contribution in [1.29, 1.82) is 0 Å². The predicted molar refractivity (Wildman–Crippen MR) is 57.5 cm³/mol. The Balaban J connectivity index is 0.00000144. The van der Waals surface area contributed by atoms with Crippen LogP contribution in [-0.4, -0.2) is 7.11 Å². The molecule has 1 aromatic rings. The van der Waals surface area contributed by atoms with Gasteiger partial charge in [0, 0.05) is 6.04 Å². The highest BCUT2D eigenvalue weighted by atomic mass is 35.5. The van der Waals surface area contributed by atoms with E-state index >= 15 is 0 Å². The van der Waals surface area contributed by atoms with Crippen LogP contribution in [0.3, 0.4) is 0 Å². The SMILES string of the molecule is CC[C@H](N)c1ccc(OC)cc1.Cl. The summed E-state index contributed by atoms with van der Waals surface area (Å²) >= 11 is 0. The van der Waals surface area contributed by atoms with Crippen molar-refractivity contribution < 1.29 is 4.74 Å². The smallest absolute Gasteiger partial charge is 0.118 e. The van der Waals surface area contributed by atoms with Gasteiger partial charge < -0.3 is 10.5 Å². The maximum absolute atomic E-state index is 5.84. The van der Waals surface area contributed by atoms with Crippen molar-refractivity contribution in [3.63, 3.8) is 0 Å². The standard InChI is InChI=1S/C10H15NO.ClH/c1-3-10(11)8-4-6-9(12-2)7-5-8;/h4-7,10H,3,11H2,1-2H3;1H/t10-;/m0./s1. The average Bonchev–Trinajstić information content (AvgIpc) is 2.17. The first kappa shape index (κ1) is 12.3. The first-order chi connectivity index (χ1) is 5.77. The van der Waals surface area contributed by atoms with Gasteiger partial charge in [-0.25, -0.2) is 0 Å². The third-order valence-electron chi connectivity index (χ3n) is 1.98. The molecule has 0 saturated carbocycles. The van der Waals surface area contributed by atoms with Crippen molar-refractivity contribution in [3.8, 4) is 5.75 Å². The van der Waals surface area contributed by atoms with E-state index in [1.54, 1.807) is 7.11 Å². The summed E-state index contributed by atoms with van der Waals surface area (Å²) in [6.45, 7) is 2.08. The zero-order valence-electron chi connectivity index (χ0n) is 7.99. The Morgan fingerprint density at radius 3 is 2.23 bits per heavy atom. The number of hydrogen-bond acceptors (Lipinski definition) is 2. The highest BCUT2D eigenvalue weighted by molar-refractivity contribution is 5.85. The highest BCUT2D eigenvalue weighted by Crippen LogP contribution is 2.17. The summed E-state index contributed by atoms with van der Waals surface area (Å²) in [5, 5.41) is 0. The molecule has 0 radical (unpaired) electrons. The lowest BCUT2D eigenvalue weighted by Crippen LogP contribution is -2.07. The van der Waals surface area contributed by atoms with E-state index < -0.39 is 0 Å².